The van der Waals surface area contributed by atoms with E-state index in [1.54, 1.807) is 4.31 Å². The van der Waals surface area contributed by atoms with Gasteiger partial charge in [0.2, 0.25) is 10.0 Å². The molecule has 5 nitrogen and oxygen atoms in total. The third-order valence-electron chi connectivity index (χ3n) is 4.10. The molecule has 6 heteroatoms. The summed E-state index contributed by atoms with van der Waals surface area (Å²) < 4.78 is 26.6. The fraction of sp³-hybridized carbons (Fsp3) is 1.00. The minimum atomic E-state index is -3.06. The van der Waals surface area contributed by atoms with Gasteiger partial charge in [-0.25, -0.2) is 8.42 Å². The number of likely N-dealkylation sites (N-methyl/N-ethyl adjacent to an activating group) is 1. The van der Waals surface area contributed by atoms with Crippen molar-refractivity contribution >= 4 is 10.0 Å². The third-order valence-corrected chi connectivity index (χ3v) is 6.10. The Hall–Kier alpha value is -0.170. The summed E-state index contributed by atoms with van der Waals surface area (Å²) in [6, 6.07) is 0.897. The topological polar surface area (TPSA) is 52.7 Å². The van der Waals surface area contributed by atoms with Crippen LogP contribution >= 0.6 is 0 Å². The molecular weight excluding hydrogens is 274 g/mol. The molecule has 1 heterocycles. The summed E-state index contributed by atoms with van der Waals surface area (Å²) in [5.41, 5.74) is 0. The van der Waals surface area contributed by atoms with Crippen LogP contribution in [0.15, 0.2) is 0 Å². The van der Waals surface area contributed by atoms with Crippen molar-refractivity contribution < 1.29 is 8.42 Å². The van der Waals surface area contributed by atoms with E-state index in [1.165, 1.54) is 12.8 Å². The second-order valence-corrected chi connectivity index (χ2v) is 8.46. The molecule has 1 saturated heterocycles. The number of hydrogen-bond acceptors (Lipinski definition) is 4. The van der Waals surface area contributed by atoms with Crippen LogP contribution < -0.4 is 5.32 Å². The molecule has 0 radical (unpaired) electrons. The second-order valence-electron chi connectivity index (χ2n) is 6.42. The molecule has 1 aliphatic heterocycles. The minimum absolute atomic E-state index is 0.180. The molecule has 0 amide bonds. The molecule has 2 aliphatic rings. The Labute approximate surface area is 123 Å². The van der Waals surface area contributed by atoms with E-state index >= 15 is 0 Å². The summed E-state index contributed by atoms with van der Waals surface area (Å²) >= 11 is 0. The Bertz CT molecular complexity index is 393. The molecule has 1 unspecified atom stereocenters. The van der Waals surface area contributed by atoms with Crippen LogP contribution in [0.1, 0.15) is 38.5 Å². The van der Waals surface area contributed by atoms with E-state index in [2.05, 4.69) is 10.2 Å². The van der Waals surface area contributed by atoms with Crippen molar-refractivity contribution in [2.24, 2.45) is 0 Å². The number of hydrogen-bond donors (Lipinski definition) is 1. The van der Waals surface area contributed by atoms with Crippen LogP contribution in [0.25, 0.3) is 0 Å². The molecule has 0 aromatic carbocycles. The zero-order chi connectivity index (χ0) is 14.6. The zero-order valence-corrected chi connectivity index (χ0v) is 13.7. The Kier molecular flexibility index (Phi) is 5.84. The van der Waals surface area contributed by atoms with Gasteiger partial charge in [-0.3, -0.25) is 0 Å². The Balaban J connectivity index is 1.72. The van der Waals surface area contributed by atoms with E-state index in [0.29, 0.717) is 12.3 Å². The summed E-state index contributed by atoms with van der Waals surface area (Å²) in [7, 11) is 0.952. The maximum atomic E-state index is 12.4. The van der Waals surface area contributed by atoms with E-state index in [0.717, 1.165) is 44.8 Å². The average molecular weight is 303 g/mol. The minimum Gasteiger partial charge on any atom is -0.314 e. The standard InChI is InChI=1S/C14H29N3O2S/c1-16(2)12-14-6-5-10-17(14)20(18,19)11-4-3-9-15-13-7-8-13/h13-15H,3-12H2,1-2H3. The van der Waals surface area contributed by atoms with Crippen LogP contribution in [0.3, 0.4) is 0 Å². The molecule has 2 rings (SSSR count). The number of unbranched alkanes of at least 4 members (excludes halogenated alkanes) is 1. The van der Waals surface area contributed by atoms with Crippen LogP contribution in [0.5, 0.6) is 0 Å². The predicted molar refractivity (Wildman–Crippen MR) is 82.3 cm³/mol. The molecule has 1 atom stereocenters. The fourth-order valence-electron chi connectivity index (χ4n) is 2.90. The van der Waals surface area contributed by atoms with Gasteiger partial charge in [0.1, 0.15) is 0 Å². The van der Waals surface area contributed by atoms with Gasteiger partial charge in [0.25, 0.3) is 0 Å². The van der Waals surface area contributed by atoms with Gasteiger partial charge in [0.15, 0.2) is 0 Å². The molecule has 2 fully saturated rings. The molecule has 1 saturated carbocycles. The van der Waals surface area contributed by atoms with Gasteiger partial charge in [-0.1, -0.05) is 0 Å². The first kappa shape index (κ1) is 16.2. The lowest BCUT2D eigenvalue weighted by Crippen LogP contribution is -2.42. The maximum absolute atomic E-state index is 12.4. The highest BCUT2D eigenvalue weighted by molar-refractivity contribution is 7.89. The third kappa shape index (κ3) is 4.98. The van der Waals surface area contributed by atoms with E-state index in [1.807, 2.05) is 14.1 Å². The molecule has 0 aromatic rings. The van der Waals surface area contributed by atoms with Crippen LogP contribution in [-0.2, 0) is 10.0 Å². The summed E-state index contributed by atoms with van der Waals surface area (Å²) in [5.74, 6) is 0.309. The number of rotatable bonds is 9. The van der Waals surface area contributed by atoms with Gasteiger partial charge in [0.05, 0.1) is 5.75 Å². The van der Waals surface area contributed by atoms with Crippen molar-refractivity contribution in [1.29, 1.82) is 0 Å². The van der Waals surface area contributed by atoms with Crippen LogP contribution in [-0.4, -0.2) is 69.2 Å². The van der Waals surface area contributed by atoms with Crippen LogP contribution in [0.2, 0.25) is 0 Å². The molecule has 20 heavy (non-hydrogen) atoms. The highest BCUT2D eigenvalue weighted by Crippen LogP contribution is 2.22. The lowest BCUT2D eigenvalue weighted by atomic mass is 10.2. The highest BCUT2D eigenvalue weighted by Gasteiger charge is 2.33. The smallest absolute Gasteiger partial charge is 0.214 e. The lowest BCUT2D eigenvalue weighted by Gasteiger charge is -2.26. The monoisotopic (exact) mass is 303 g/mol. The van der Waals surface area contributed by atoms with E-state index < -0.39 is 10.0 Å². The summed E-state index contributed by atoms with van der Waals surface area (Å²) in [6.45, 7) is 2.50. The Morgan fingerprint density at radius 2 is 1.95 bits per heavy atom. The summed E-state index contributed by atoms with van der Waals surface area (Å²) in [5, 5.41) is 3.43. The summed E-state index contributed by atoms with van der Waals surface area (Å²) in [6.07, 6.45) is 6.31. The Morgan fingerprint density at radius 3 is 2.60 bits per heavy atom. The van der Waals surface area contributed by atoms with Gasteiger partial charge < -0.3 is 10.2 Å². The zero-order valence-electron chi connectivity index (χ0n) is 12.8. The quantitative estimate of drug-likeness (QED) is 0.642. The number of sulfonamides is 1. The lowest BCUT2D eigenvalue weighted by molar-refractivity contribution is 0.291. The Morgan fingerprint density at radius 1 is 1.20 bits per heavy atom. The molecule has 1 aliphatic carbocycles. The van der Waals surface area contributed by atoms with Crippen molar-refractivity contribution in [3.8, 4) is 0 Å². The van der Waals surface area contributed by atoms with Crippen molar-refractivity contribution in [2.75, 3.05) is 39.5 Å². The number of nitrogens with one attached hydrogen (secondary N) is 1. The highest BCUT2D eigenvalue weighted by atomic mass is 32.2. The van der Waals surface area contributed by atoms with Gasteiger partial charge in [-0.15, -0.1) is 0 Å². The molecule has 0 bridgehead atoms. The normalized spacial score (nSPS) is 24.6. The van der Waals surface area contributed by atoms with Gasteiger partial charge in [-0.2, -0.15) is 4.31 Å². The molecule has 118 valence electrons. The largest absolute Gasteiger partial charge is 0.314 e. The molecule has 0 aromatic heterocycles. The molecular formula is C14H29N3O2S. The van der Waals surface area contributed by atoms with Crippen LogP contribution in [0, 0.1) is 0 Å². The van der Waals surface area contributed by atoms with Crippen molar-refractivity contribution in [2.45, 2.75) is 50.6 Å². The fourth-order valence-corrected chi connectivity index (χ4v) is 4.74. The van der Waals surface area contributed by atoms with Crippen molar-refractivity contribution in [1.82, 2.24) is 14.5 Å². The molecule has 1 N–H and O–H groups in total. The van der Waals surface area contributed by atoms with E-state index in [-0.39, 0.29) is 6.04 Å². The van der Waals surface area contributed by atoms with Crippen LogP contribution in [0.4, 0.5) is 0 Å². The predicted octanol–water partition coefficient (Wildman–Crippen LogP) is 0.874. The second kappa shape index (κ2) is 7.20. The van der Waals surface area contributed by atoms with Gasteiger partial charge >= 0.3 is 0 Å². The van der Waals surface area contributed by atoms with E-state index in [4.69, 9.17) is 0 Å². The average Bonchev–Trinajstić information content (AvgIpc) is 3.06. The first-order valence-corrected chi connectivity index (χ1v) is 9.47. The van der Waals surface area contributed by atoms with E-state index in [9.17, 15) is 8.42 Å². The first-order valence-electron chi connectivity index (χ1n) is 7.86. The maximum Gasteiger partial charge on any atom is 0.214 e. The first-order chi connectivity index (χ1) is 9.49. The van der Waals surface area contributed by atoms with Gasteiger partial charge in [-0.05, 0) is 59.2 Å². The SMILES string of the molecule is CN(C)CC1CCCN1S(=O)(=O)CCCCNC1CC1. The van der Waals surface area contributed by atoms with Crippen molar-refractivity contribution in [3.05, 3.63) is 0 Å². The summed E-state index contributed by atoms with van der Waals surface area (Å²) in [4.78, 5) is 2.08. The van der Waals surface area contributed by atoms with Crippen molar-refractivity contribution in [3.63, 3.8) is 0 Å². The van der Waals surface area contributed by atoms with Gasteiger partial charge in [0, 0.05) is 25.2 Å². The molecule has 0 spiro atoms. The number of nitrogens with zero attached hydrogens (tertiary/aromatic N) is 2.